The van der Waals surface area contributed by atoms with Gasteiger partial charge in [0.15, 0.2) is 6.29 Å². The van der Waals surface area contributed by atoms with Gasteiger partial charge in [0.05, 0.1) is 25.4 Å². The minimum atomic E-state index is -5.09. The molecule has 396 valence electrons. The zero-order valence-electron chi connectivity index (χ0n) is 42.7. The third-order valence-electron chi connectivity index (χ3n) is 13.2. The zero-order chi connectivity index (χ0) is 49.1. The van der Waals surface area contributed by atoms with Crippen LogP contribution in [0.15, 0.2) is 24.3 Å². The molecule has 1 amide bonds. The maximum atomic E-state index is 13.1. The quantitative estimate of drug-likeness (QED) is 0.0193. The van der Waals surface area contributed by atoms with E-state index in [0.717, 1.165) is 44.9 Å². The topological polar surface area (TPSA) is 192 Å². The van der Waals surface area contributed by atoms with Crippen molar-refractivity contribution in [3.05, 3.63) is 24.3 Å². The van der Waals surface area contributed by atoms with Crippen molar-refractivity contribution in [2.75, 3.05) is 13.2 Å². The van der Waals surface area contributed by atoms with E-state index in [0.29, 0.717) is 6.42 Å². The van der Waals surface area contributed by atoms with E-state index in [9.17, 15) is 38.2 Å². The van der Waals surface area contributed by atoms with Crippen LogP contribution < -0.4 is 5.32 Å². The zero-order valence-corrected chi connectivity index (χ0v) is 43.5. The van der Waals surface area contributed by atoms with Gasteiger partial charge in [-0.3, -0.25) is 9.35 Å². The number of nitrogens with one attached hydrogen (secondary N) is 1. The Bertz CT molecular complexity index is 1280. The SMILES string of the molecule is CCCCCCCCCCCCC/C=C\CCCCCCCCCC(=O)NC(COC1OC(CO)C(O)C(OS(=O)(=O)O)C1O)C(O)/C=C/CCCCCCCCCCCCCCCCCC. The first-order chi connectivity index (χ1) is 32.5. The molecule has 1 rings (SSSR count). The minimum Gasteiger partial charge on any atom is -0.394 e. The molecule has 1 saturated heterocycles. The highest BCUT2D eigenvalue weighted by Crippen LogP contribution is 2.26. The average molecular weight is 974 g/mol. The number of rotatable bonds is 48. The van der Waals surface area contributed by atoms with E-state index in [1.807, 2.05) is 6.08 Å². The van der Waals surface area contributed by atoms with Gasteiger partial charge < -0.3 is 35.2 Å². The van der Waals surface area contributed by atoms with Crippen molar-refractivity contribution in [1.82, 2.24) is 5.32 Å². The van der Waals surface area contributed by atoms with Crippen molar-refractivity contribution in [2.45, 2.75) is 301 Å². The molecule has 6 N–H and O–H groups in total. The molecule has 1 aliphatic heterocycles. The van der Waals surface area contributed by atoms with Crippen molar-refractivity contribution in [1.29, 1.82) is 0 Å². The summed E-state index contributed by atoms with van der Waals surface area (Å²) < 4.78 is 47.8. The minimum absolute atomic E-state index is 0.264. The number of unbranched alkanes of at least 4 members (excludes halogenated alkanes) is 34. The number of hydrogen-bond donors (Lipinski definition) is 6. The van der Waals surface area contributed by atoms with Crippen LogP contribution in [0.4, 0.5) is 0 Å². The average Bonchev–Trinajstić information content (AvgIpc) is 3.30. The van der Waals surface area contributed by atoms with E-state index in [1.54, 1.807) is 6.08 Å². The lowest BCUT2D eigenvalue weighted by Crippen LogP contribution is -2.61. The number of aliphatic hydroxyl groups excluding tert-OH is 4. The number of ether oxygens (including phenoxy) is 2. The Hall–Kier alpha value is -1.42. The molecule has 0 saturated carbocycles. The first-order valence-corrected chi connectivity index (χ1v) is 29.1. The van der Waals surface area contributed by atoms with E-state index in [-0.39, 0.29) is 18.9 Å². The van der Waals surface area contributed by atoms with Gasteiger partial charge in [-0.25, -0.2) is 4.18 Å². The predicted octanol–water partition coefficient (Wildman–Crippen LogP) is 12.5. The fraction of sp³-hybridized carbons (Fsp3) is 0.907. The number of carbonyl (C=O) groups excluding carboxylic acids is 1. The fourth-order valence-corrected chi connectivity index (χ4v) is 9.43. The van der Waals surface area contributed by atoms with Crippen molar-refractivity contribution in [2.24, 2.45) is 0 Å². The molecule has 67 heavy (non-hydrogen) atoms. The molecule has 12 nitrogen and oxygen atoms in total. The van der Waals surface area contributed by atoms with E-state index in [4.69, 9.17) is 9.47 Å². The van der Waals surface area contributed by atoms with Gasteiger partial charge in [-0.1, -0.05) is 231 Å². The lowest BCUT2D eigenvalue weighted by atomic mass is 9.99. The molecule has 0 spiro atoms. The van der Waals surface area contributed by atoms with Gasteiger partial charge in [0.1, 0.15) is 24.4 Å². The van der Waals surface area contributed by atoms with Gasteiger partial charge >= 0.3 is 10.4 Å². The Morgan fingerprint density at radius 3 is 1.34 bits per heavy atom. The Morgan fingerprint density at radius 2 is 0.955 bits per heavy atom. The lowest BCUT2D eigenvalue weighted by Gasteiger charge is -2.41. The maximum Gasteiger partial charge on any atom is 0.397 e. The molecule has 0 aromatic rings. The monoisotopic (exact) mass is 974 g/mol. The van der Waals surface area contributed by atoms with Crippen LogP contribution in [0.3, 0.4) is 0 Å². The first kappa shape index (κ1) is 63.6. The molecule has 0 aromatic carbocycles. The molecular weight excluding hydrogens is 871 g/mol. The smallest absolute Gasteiger partial charge is 0.394 e. The summed E-state index contributed by atoms with van der Waals surface area (Å²) in [4.78, 5) is 13.1. The summed E-state index contributed by atoms with van der Waals surface area (Å²) in [6.45, 7) is 3.42. The molecule has 1 fully saturated rings. The number of aliphatic hydroxyl groups is 4. The Labute approximate surface area is 410 Å². The number of allylic oxidation sites excluding steroid dienone is 3. The van der Waals surface area contributed by atoms with Crippen LogP contribution in [0, 0.1) is 0 Å². The van der Waals surface area contributed by atoms with Gasteiger partial charge in [0.25, 0.3) is 0 Å². The highest BCUT2D eigenvalue weighted by molar-refractivity contribution is 7.80. The second kappa shape index (κ2) is 44.5. The summed E-state index contributed by atoms with van der Waals surface area (Å²) in [7, 11) is -5.09. The Kier molecular flexibility index (Phi) is 42.3. The molecule has 0 bridgehead atoms. The first-order valence-electron chi connectivity index (χ1n) is 27.7. The van der Waals surface area contributed by atoms with Crippen LogP contribution in [-0.2, 0) is 28.9 Å². The van der Waals surface area contributed by atoms with Gasteiger partial charge in [-0.05, 0) is 44.9 Å². The summed E-state index contributed by atoms with van der Waals surface area (Å²) in [5.41, 5.74) is 0. The third kappa shape index (κ3) is 37.1. The molecule has 0 aliphatic carbocycles. The summed E-state index contributed by atoms with van der Waals surface area (Å²) in [6, 6.07) is -0.945. The predicted molar refractivity (Wildman–Crippen MR) is 273 cm³/mol. The normalized spacial score (nSPS) is 20.0. The van der Waals surface area contributed by atoms with Crippen LogP contribution in [-0.4, -0.2) is 95.4 Å². The van der Waals surface area contributed by atoms with Crippen molar-refractivity contribution in [3.63, 3.8) is 0 Å². The number of amides is 1. The number of hydrogen-bond acceptors (Lipinski definition) is 10. The number of carbonyl (C=O) groups is 1. The summed E-state index contributed by atoms with van der Waals surface area (Å²) in [6.07, 6.45) is 45.0. The summed E-state index contributed by atoms with van der Waals surface area (Å²) in [5.74, 6) is -0.264. The van der Waals surface area contributed by atoms with Gasteiger partial charge in [-0.2, -0.15) is 8.42 Å². The van der Waals surface area contributed by atoms with E-state index in [1.165, 1.54) is 186 Å². The largest absolute Gasteiger partial charge is 0.397 e. The van der Waals surface area contributed by atoms with Crippen LogP contribution in [0.1, 0.15) is 258 Å². The molecule has 13 heteroatoms. The van der Waals surface area contributed by atoms with Gasteiger partial charge in [0, 0.05) is 6.42 Å². The van der Waals surface area contributed by atoms with Crippen LogP contribution in [0.25, 0.3) is 0 Å². The molecular formula is C54H103NO11S. The molecule has 0 radical (unpaired) electrons. The van der Waals surface area contributed by atoms with E-state index >= 15 is 0 Å². The van der Waals surface area contributed by atoms with Gasteiger partial charge in [0.2, 0.25) is 5.91 Å². The summed E-state index contributed by atoms with van der Waals surface area (Å²) >= 11 is 0. The highest BCUT2D eigenvalue weighted by Gasteiger charge is 2.48. The fourth-order valence-electron chi connectivity index (χ4n) is 8.92. The maximum absolute atomic E-state index is 13.1. The van der Waals surface area contributed by atoms with Crippen LogP contribution in [0.2, 0.25) is 0 Å². The van der Waals surface area contributed by atoms with Crippen LogP contribution >= 0.6 is 0 Å². The highest BCUT2D eigenvalue weighted by atomic mass is 32.3. The molecule has 7 atom stereocenters. The molecule has 1 heterocycles. The second-order valence-corrected chi connectivity index (χ2v) is 20.6. The van der Waals surface area contributed by atoms with Crippen molar-refractivity contribution < 1.29 is 51.8 Å². The third-order valence-corrected chi connectivity index (χ3v) is 13.7. The molecule has 1 aliphatic rings. The molecule has 0 aromatic heterocycles. The lowest BCUT2D eigenvalue weighted by molar-refractivity contribution is -0.298. The van der Waals surface area contributed by atoms with E-state index in [2.05, 4.69) is 35.5 Å². The van der Waals surface area contributed by atoms with Crippen LogP contribution in [0.5, 0.6) is 0 Å². The van der Waals surface area contributed by atoms with Crippen molar-refractivity contribution in [3.8, 4) is 0 Å². The Balaban J connectivity index is 2.41. The molecule has 7 unspecified atom stereocenters. The standard InChI is InChI=1S/C54H103NO11S/c1-3-5-7-9-11-13-15-17-19-21-23-24-25-26-28-30-32-34-36-38-40-42-44-50(58)55-47(46-64-54-52(60)53(66-67(61,62)63)51(59)49(45-56)65-54)48(57)43-41-39-37-35-33-31-29-27-22-20-18-16-14-12-10-8-6-4-2/h25-26,41,43,47-49,51-54,56-57,59-60H,3-24,27-40,42,44-46H2,1-2H3,(H,55,58)(H,61,62,63)/b26-25-,43-41+. The second-order valence-electron chi connectivity index (χ2n) is 19.5. The summed E-state index contributed by atoms with van der Waals surface area (Å²) in [5, 5.41) is 44.9. The van der Waals surface area contributed by atoms with Crippen molar-refractivity contribution >= 4 is 16.3 Å². The van der Waals surface area contributed by atoms with E-state index < -0.39 is 59.9 Å². The Morgan fingerprint density at radius 1 is 0.582 bits per heavy atom. The van der Waals surface area contributed by atoms with Gasteiger partial charge in [-0.15, -0.1) is 0 Å².